The number of rotatable bonds is 7. The summed E-state index contributed by atoms with van der Waals surface area (Å²) < 4.78 is 26.0. The number of hydrogen-bond donors (Lipinski definition) is 1. The van der Waals surface area contributed by atoms with Gasteiger partial charge in [-0.1, -0.05) is 25.5 Å². The molecule has 0 spiro atoms. The van der Waals surface area contributed by atoms with Crippen LogP contribution in [0.4, 0.5) is 0 Å². The predicted molar refractivity (Wildman–Crippen MR) is 78.5 cm³/mol. The summed E-state index contributed by atoms with van der Waals surface area (Å²) in [7, 11) is -1.73. The van der Waals surface area contributed by atoms with E-state index in [4.69, 9.17) is 5.73 Å². The minimum absolute atomic E-state index is 0.0784. The maximum Gasteiger partial charge on any atom is 0.242 e. The number of nitrogens with two attached hydrogens (primary N) is 1. The summed E-state index contributed by atoms with van der Waals surface area (Å²) in [6.45, 7) is 4.53. The molecule has 1 aromatic carbocycles. The second-order valence-electron chi connectivity index (χ2n) is 5.01. The van der Waals surface area contributed by atoms with Crippen LogP contribution in [0.25, 0.3) is 0 Å². The van der Waals surface area contributed by atoms with Gasteiger partial charge in [0.2, 0.25) is 10.0 Å². The van der Waals surface area contributed by atoms with E-state index in [-0.39, 0.29) is 6.04 Å². The van der Waals surface area contributed by atoms with Crippen LogP contribution < -0.4 is 5.73 Å². The molecule has 1 atom stereocenters. The molecule has 0 bridgehead atoms. The molecule has 0 aliphatic rings. The number of unbranched alkanes of at least 4 members (excludes halogenated alkanes) is 1. The molecule has 5 heteroatoms. The van der Waals surface area contributed by atoms with Gasteiger partial charge in [-0.25, -0.2) is 12.7 Å². The molecule has 1 unspecified atom stereocenters. The number of sulfonamides is 1. The van der Waals surface area contributed by atoms with Crippen molar-refractivity contribution in [1.29, 1.82) is 0 Å². The van der Waals surface area contributed by atoms with Crippen LogP contribution >= 0.6 is 0 Å². The number of hydrogen-bond acceptors (Lipinski definition) is 3. The third kappa shape index (κ3) is 4.60. The summed E-state index contributed by atoms with van der Waals surface area (Å²) in [5.74, 6) is 0. The molecule has 2 N–H and O–H groups in total. The molecule has 0 heterocycles. The van der Waals surface area contributed by atoms with Gasteiger partial charge in [-0.2, -0.15) is 0 Å². The maximum atomic E-state index is 12.3. The van der Waals surface area contributed by atoms with Crippen molar-refractivity contribution in [3.63, 3.8) is 0 Å². The zero-order valence-corrected chi connectivity index (χ0v) is 12.8. The lowest BCUT2D eigenvalue weighted by Gasteiger charge is -2.17. The van der Waals surface area contributed by atoms with Crippen LogP contribution in [-0.4, -0.2) is 32.4 Å². The summed E-state index contributed by atoms with van der Waals surface area (Å²) in [4.78, 5) is 0.347. The Balaban J connectivity index is 2.84. The first-order valence-corrected chi connectivity index (χ1v) is 8.12. The van der Waals surface area contributed by atoms with Gasteiger partial charge in [0.05, 0.1) is 4.90 Å². The van der Waals surface area contributed by atoms with Crippen molar-refractivity contribution in [2.75, 3.05) is 13.6 Å². The molecule has 0 saturated heterocycles. The summed E-state index contributed by atoms with van der Waals surface area (Å²) in [5, 5.41) is 0. The van der Waals surface area contributed by atoms with Crippen LogP contribution in [0.15, 0.2) is 29.2 Å². The van der Waals surface area contributed by atoms with E-state index in [1.807, 2.05) is 26.0 Å². The van der Waals surface area contributed by atoms with E-state index >= 15 is 0 Å². The monoisotopic (exact) mass is 284 g/mol. The van der Waals surface area contributed by atoms with Gasteiger partial charge in [-0.15, -0.1) is 0 Å². The zero-order valence-electron chi connectivity index (χ0n) is 12.0. The van der Waals surface area contributed by atoms with Crippen molar-refractivity contribution in [3.8, 4) is 0 Å². The lowest BCUT2D eigenvalue weighted by molar-refractivity contribution is 0.459. The van der Waals surface area contributed by atoms with E-state index in [1.54, 1.807) is 19.2 Å². The minimum atomic E-state index is -3.35. The molecule has 0 saturated carbocycles. The zero-order chi connectivity index (χ0) is 14.5. The molecule has 0 radical (unpaired) electrons. The van der Waals surface area contributed by atoms with Crippen LogP contribution in [0.5, 0.6) is 0 Å². The lowest BCUT2D eigenvalue weighted by atomic mass is 10.1. The Bertz CT molecular complexity index is 481. The predicted octanol–water partition coefficient (Wildman–Crippen LogP) is 2.00. The Morgan fingerprint density at radius 1 is 1.26 bits per heavy atom. The fourth-order valence-electron chi connectivity index (χ4n) is 1.85. The summed E-state index contributed by atoms with van der Waals surface area (Å²) in [6.07, 6.45) is 2.61. The largest absolute Gasteiger partial charge is 0.328 e. The van der Waals surface area contributed by atoms with Crippen LogP contribution in [0.1, 0.15) is 32.3 Å². The summed E-state index contributed by atoms with van der Waals surface area (Å²) >= 11 is 0. The maximum absolute atomic E-state index is 12.3. The van der Waals surface area contributed by atoms with E-state index in [0.29, 0.717) is 11.4 Å². The normalized spacial score (nSPS) is 13.7. The Morgan fingerprint density at radius 3 is 2.32 bits per heavy atom. The van der Waals surface area contributed by atoms with Gasteiger partial charge in [-0.3, -0.25) is 0 Å². The quantitative estimate of drug-likeness (QED) is 0.833. The summed E-state index contributed by atoms with van der Waals surface area (Å²) in [6, 6.07) is 7.08. The number of benzene rings is 1. The van der Waals surface area contributed by atoms with Gasteiger partial charge in [0, 0.05) is 19.6 Å². The van der Waals surface area contributed by atoms with E-state index in [9.17, 15) is 8.42 Å². The third-order valence-corrected chi connectivity index (χ3v) is 4.89. The van der Waals surface area contributed by atoms with Crippen molar-refractivity contribution in [3.05, 3.63) is 29.8 Å². The van der Waals surface area contributed by atoms with Crippen molar-refractivity contribution >= 4 is 10.0 Å². The first kappa shape index (κ1) is 16.1. The van der Waals surface area contributed by atoms with Crippen LogP contribution in [0.3, 0.4) is 0 Å². The highest BCUT2D eigenvalue weighted by molar-refractivity contribution is 7.89. The van der Waals surface area contributed by atoms with Crippen LogP contribution in [-0.2, 0) is 16.4 Å². The topological polar surface area (TPSA) is 63.4 Å². The first-order chi connectivity index (χ1) is 8.87. The molecule has 108 valence electrons. The fraction of sp³-hybridized carbons (Fsp3) is 0.571. The smallest absolute Gasteiger partial charge is 0.242 e. The van der Waals surface area contributed by atoms with Gasteiger partial charge >= 0.3 is 0 Å². The first-order valence-electron chi connectivity index (χ1n) is 6.68. The molecule has 0 aromatic heterocycles. The van der Waals surface area contributed by atoms with Gasteiger partial charge in [0.1, 0.15) is 0 Å². The van der Waals surface area contributed by atoms with Gasteiger partial charge in [0.15, 0.2) is 0 Å². The standard InChI is InChI=1S/C14H24N2O2S/c1-4-5-10-16(3)19(17,18)14-8-6-13(7-9-14)11-12(2)15/h6-9,12H,4-5,10-11,15H2,1-3H3. The van der Waals surface area contributed by atoms with Crippen molar-refractivity contribution in [1.82, 2.24) is 4.31 Å². The Morgan fingerprint density at radius 2 is 1.84 bits per heavy atom. The van der Waals surface area contributed by atoms with Crippen molar-refractivity contribution in [2.45, 2.75) is 44.0 Å². The van der Waals surface area contributed by atoms with E-state index in [1.165, 1.54) is 4.31 Å². The van der Waals surface area contributed by atoms with E-state index in [2.05, 4.69) is 0 Å². The highest BCUT2D eigenvalue weighted by Gasteiger charge is 2.19. The number of nitrogens with zero attached hydrogens (tertiary/aromatic N) is 1. The Kier molecular flexibility index (Phi) is 5.97. The van der Waals surface area contributed by atoms with Crippen LogP contribution in [0, 0.1) is 0 Å². The molecule has 0 aliphatic carbocycles. The molecule has 0 amide bonds. The summed E-state index contributed by atoms with van der Waals surface area (Å²) in [5.41, 5.74) is 6.79. The second kappa shape index (κ2) is 7.03. The van der Waals surface area contributed by atoms with Crippen molar-refractivity contribution < 1.29 is 8.42 Å². The van der Waals surface area contributed by atoms with Crippen LogP contribution in [0.2, 0.25) is 0 Å². The molecular weight excluding hydrogens is 260 g/mol. The Hall–Kier alpha value is -0.910. The molecule has 1 aromatic rings. The highest BCUT2D eigenvalue weighted by atomic mass is 32.2. The second-order valence-corrected chi connectivity index (χ2v) is 7.05. The van der Waals surface area contributed by atoms with Gasteiger partial charge in [0.25, 0.3) is 0 Å². The molecule has 19 heavy (non-hydrogen) atoms. The molecule has 0 aliphatic heterocycles. The van der Waals surface area contributed by atoms with E-state index in [0.717, 1.165) is 24.8 Å². The third-order valence-electron chi connectivity index (χ3n) is 3.02. The minimum Gasteiger partial charge on any atom is -0.328 e. The average Bonchev–Trinajstić information content (AvgIpc) is 2.35. The molecule has 0 fully saturated rings. The average molecular weight is 284 g/mol. The van der Waals surface area contributed by atoms with Crippen molar-refractivity contribution in [2.24, 2.45) is 5.73 Å². The SMILES string of the molecule is CCCCN(C)S(=O)(=O)c1ccc(CC(C)N)cc1. The lowest BCUT2D eigenvalue weighted by Crippen LogP contribution is -2.28. The van der Waals surface area contributed by atoms with E-state index < -0.39 is 10.0 Å². The fourth-order valence-corrected chi connectivity index (χ4v) is 3.06. The van der Waals surface area contributed by atoms with Gasteiger partial charge in [-0.05, 0) is 37.5 Å². The Labute approximate surface area is 116 Å². The highest BCUT2D eigenvalue weighted by Crippen LogP contribution is 2.16. The van der Waals surface area contributed by atoms with Gasteiger partial charge < -0.3 is 5.73 Å². The molecule has 4 nitrogen and oxygen atoms in total. The molecular formula is C14H24N2O2S. The molecule has 1 rings (SSSR count).